The molecule has 1 saturated heterocycles. The molecule has 0 aromatic carbocycles. The largest absolute Gasteiger partial charge is 0.465 e. The first-order chi connectivity index (χ1) is 6.16. The van der Waals surface area contributed by atoms with E-state index in [4.69, 9.17) is 10.6 Å². The van der Waals surface area contributed by atoms with Crippen molar-refractivity contribution < 1.29 is 19.5 Å². The standard InChI is InChI=1S/C7H9N3O3/c8-9-4-6(11)5-2-1-3-10(5)7(12)13/h4-5,8H,1-3H2/p+1. The van der Waals surface area contributed by atoms with Crippen LogP contribution in [0.4, 0.5) is 4.79 Å². The molecule has 1 unspecified atom stereocenters. The molecule has 1 heterocycles. The van der Waals surface area contributed by atoms with Gasteiger partial charge < -0.3 is 5.11 Å². The van der Waals surface area contributed by atoms with Crippen LogP contribution in [0.2, 0.25) is 0 Å². The lowest BCUT2D eigenvalue weighted by molar-refractivity contribution is -0.133. The van der Waals surface area contributed by atoms with Crippen molar-refractivity contribution in [2.45, 2.75) is 18.9 Å². The number of nitrogens with zero attached hydrogens (tertiary/aromatic N) is 2. The van der Waals surface area contributed by atoms with Crippen LogP contribution >= 0.6 is 0 Å². The van der Waals surface area contributed by atoms with Crippen LogP contribution in [-0.2, 0) is 4.79 Å². The molecule has 70 valence electrons. The van der Waals surface area contributed by atoms with Gasteiger partial charge in [0.25, 0.3) is 5.78 Å². The summed E-state index contributed by atoms with van der Waals surface area (Å²) in [5.74, 6) is -0.407. The summed E-state index contributed by atoms with van der Waals surface area (Å²) in [4.78, 5) is 25.7. The lowest BCUT2D eigenvalue weighted by Gasteiger charge is -2.16. The molecular formula is C7H10N3O3+. The van der Waals surface area contributed by atoms with Crippen LogP contribution < -0.4 is 0 Å². The van der Waals surface area contributed by atoms with Gasteiger partial charge in [0, 0.05) is 6.54 Å². The minimum atomic E-state index is -1.09. The monoisotopic (exact) mass is 184 g/mol. The van der Waals surface area contributed by atoms with Crippen molar-refractivity contribution in [1.82, 2.24) is 4.90 Å². The van der Waals surface area contributed by atoms with Gasteiger partial charge in [-0.2, -0.15) is 0 Å². The number of hydrogen-bond acceptors (Lipinski definition) is 3. The SMILES string of the molecule is N=[N+]=CC(=O)C1CCCN1C(=O)O. The van der Waals surface area contributed by atoms with Gasteiger partial charge in [0.15, 0.2) is 0 Å². The number of hydrogen-bond donors (Lipinski definition) is 2. The molecule has 1 rings (SSSR count). The smallest absolute Gasteiger partial charge is 0.407 e. The first kappa shape index (κ1) is 9.41. The zero-order chi connectivity index (χ0) is 9.84. The molecule has 2 N–H and O–H groups in total. The number of Topliss-reactive ketones (excluding diaryl/α,β-unsaturated/α-hetero) is 1. The van der Waals surface area contributed by atoms with Crippen molar-refractivity contribution in [3.63, 3.8) is 0 Å². The molecule has 0 bridgehead atoms. The number of rotatable bonds is 2. The molecule has 1 atom stereocenters. The molecule has 0 aromatic heterocycles. The second kappa shape index (κ2) is 3.82. The summed E-state index contributed by atoms with van der Waals surface area (Å²) in [7, 11) is 0. The predicted molar refractivity (Wildman–Crippen MR) is 41.8 cm³/mol. The number of carboxylic acid groups (broad SMARTS) is 1. The maximum Gasteiger partial charge on any atom is 0.407 e. The van der Waals surface area contributed by atoms with Crippen LogP contribution in [0.5, 0.6) is 0 Å². The van der Waals surface area contributed by atoms with Crippen LogP contribution in [0.15, 0.2) is 0 Å². The van der Waals surface area contributed by atoms with Gasteiger partial charge >= 0.3 is 12.3 Å². The molecule has 0 saturated carbocycles. The normalized spacial score (nSPS) is 20.9. The average molecular weight is 184 g/mol. The number of ketones is 1. The molecule has 1 aliphatic rings. The van der Waals surface area contributed by atoms with E-state index in [1.807, 2.05) is 0 Å². The van der Waals surface area contributed by atoms with Crippen LogP contribution in [0.3, 0.4) is 0 Å². The fourth-order valence-electron chi connectivity index (χ4n) is 1.44. The predicted octanol–water partition coefficient (Wildman–Crippen LogP) is 0.00787. The van der Waals surface area contributed by atoms with Crippen LogP contribution in [0.25, 0.3) is 0 Å². The highest BCUT2D eigenvalue weighted by molar-refractivity contribution is 6.28. The fourth-order valence-corrected chi connectivity index (χ4v) is 1.44. The molecule has 1 aliphatic heterocycles. The highest BCUT2D eigenvalue weighted by Crippen LogP contribution is 2.17. The van der Waals surface area contributed by atoms with E-state index >= 15 is 0 Å². The third kappa shape index (κ3) is 1.91. The van der Waals surface area contributed by atoms with Gasteiger partial charge in [-0.3, -0.25) is 9.69 Å². The Morgan fingerprint density at radius 1 is 1.62 bits per heavy atom. The minimum absolute atomic E-state index is 0.386. The minimum Gasteiger partial charge on any atom is -0.465 e. The molecular weight excluding hydrogens is 174 g/mol. The van der Waals surface area contributed by atoms with E-state index in [9.17, 15) is 9.59 Å². The van der Waals surface area contributed by atoms with Gasteiger partial charge in [0.1, 0.15) is 6.04 Å². The van der Waals surface area contributed by atoms with Crippen LogP contribution in [0, 0.1) is 5.53 Å². The van der Waals surface area contributed by atoms with Gasteiger partial charge in [0.05, 0.1) is 10.3 Å². The second-order valence-electron chi connectivity index (χ2n) is 2.79. The van der Waals surface area contributed by atoms with E-state index in [1.54, 1.807) is 0 Å². The van der Waals surface area contributed by atoms with Crippen molar-refractivity contribution in [3.8, 4) is 0 Å². The maximum atomic E-state index is 11.2. The van der Waals surface area contributed by atoms with Gasteiger partial charge in [-0.25, -0.2) is 4.79 Å². The third-order valence-electron chi connectivity index (χ3n) is 2.02. The highest BCUT2D eigenvalue weighted by Gasteiger charge is 2.35. The molecule has 0 radical (unpaired) electrons. The van der Waals surface area contributed by atoms with Gasteiger partial charge in [0.2, 0.25) is 0 Å². The van der Waals surface area contributed by atoms with Crippen molar-refractivity contribution >= 4 is 18.1 Å². The van der Waals surface area contributed by atoms with Gasteiger partial charge in [-0.05, 0) is 12.8 Å². The van der Waals surface area contributed by atoms with E-state index in [0.717, 1.165) is 11.1 Å². The van der Waals surface area contributed by atoms with E-state index in [1.165, 1.54) is 0 Å². The number of nitrogens with one attached hydrogen (secondary N) is 1. The topological polar surface area (TPSA) is 95.6 Å². The Balaban J connectivity index is 2.73. The first-order valence-electron chi connectivity index (χ1n) is 3.90. The Bertz CT molecular complexity index is 283. The van der Waals surface area contributed by atoms with Gasteiger partial charge in [-0.15, -0.1) is 0 Å². The Morgan fingerprint density at radius 3 is 2.85 bits per heavy atom. The zero-order valence-electron chi connectivity index (χ0n) is 6.93. The molecule has 6 nitrogen and oxygen atoms in total. The third-order valence-corrected chi connectivity index (χ3v) is 2.02. The Hall–Kier alpha value is -1.68. The Labute approximate surface area is 74.4 Å². The second-order valence-corrected chi connectivity index (χ2v) is 2.79. The first-order valence-corrected chi connectivity index (χ1v) is 3.90. The number of carbonyl (C=O) groups excluding carboxylic acids is 1. The maximum absolute atomic E-state index is 11.2. The summed E-state index contributed by atoms with van der Waals surface area (Å²) in [5.41, 5.74) is 6.45. The summed E-state index contributed by atoms with van der Waals surface area (Å²) in [6, 6.07) is -0.633. The van der Waals surface area contributed by atoms with Crippen LogP contribution in [-0.4, -0.2) is 45.5 Å². The van der Waals surface area contributed by atoms with E-state index < -0.39 is 17.9 Å². The van der Waals surface area contributed by atoms with Gasteiger partial charge in [-0.1, -0.05) is 0 Å². The van der Waals surface area contributed by atoms with Crippen LogP contribution in [0.1, 0.15) is 12.8 Å². The van der Waals surface area contributed by atoms with Crippen molar-refractivity contribution in [1.29, 1.82) is 5.53 Å². The molecule has 1 fully saturated rings. The number of likely N-dealkylation sites (tertiary alicyclic amines) is 1. The molecule has 1 amide bonds. The fraction of sp³-hybridized carbons (Fsp3) is 0.571. The summed E-state index contributed by atoms with van der Waals surface area (Å²) >= 11 is 0. The Morgan fingerprint density at radius 2 is 2.31 bits per heavy atom. The van der Waals surface area contributed by atoms with Crippen molar-refractivity contribution in [2.75, 3.05) is 6.54 Å². The van der Waals surface area contributed by atoms with E-state index in [0.29, 0.717) is 19.4 Å². The molecule has 0 aliphatic carbocycles. The summed E-state index contributed by atoms with van der Waals surface area (Å²) in [6.45, 7) is 0.386. The van der Waals surface area contributed by atoms with E-state index in [2.05, 4.69) is 4.79 Å². The van der Waals surface area contributed by atoms with Crippen molar-refractivity contribution in [2.24, 2.45) is 0 Å². The molecule has 6 heteroatoms. The van der Waals surface area contributed by atoms with E-state index in [-0.39, 0.29) is 0 Å². The number of amides is 1. The van der Waals surface area contributed by atoms with Crippen molar-refractivity contribution in [3.05, 3.63) is 0 Å². The zero-order valence-corrected chi connectivity index (χ0v) is 6.93. The average Bonchev–Trinajstić information content (AvgIpc) is 2.52. The number of carbonyl (C=O) groups is 2. The summed E-state index contributed by atoms with van der Waals surface area (Å²) in [5, 5.41) is 8.68. The lowest BCUT2D eigenvalue weighted by atomic mass is 10.1. The quantitative estimate of drug-likeness (QED) is 0.359. The summed E-state index contributed by atoms with van der Waals surface area (Å²) in [6.07, 6.45) is 0.978. The molecule has 13 heavy (non-hydrogen) atoms. The highest BCUT2D eigenvalue weighted by atomic mass is 16.4. The Kier molecular flexibility index (Phi) is 2.76. The lowest BCUT2D eigenvalue weighted by Crippen LogP contribution is -2.40. The molecule has 0 spiro atoms. The summed E-state index contributed by atoms with van der Waals surface area (Å²) < 4.78 is 0. The molecule has 0 aromatic rings.